The fraction of sp³-hybridized carbons (Fsp3) is 0.312. The number of rotatable bonds is 4. The molecule has 5 nitrogen and oxygen atoms in total. The standard InChI is InChI=1S/C16H18N4OS2/c1-11-15(18-14(21)10-23-16-17-8-9-22-16)12(2)20(19-11)13-6-4-3-5-7-13/h3-7H,8-10H2,1-2H3,(H,18,21). The van der Waals surface area contributed by atoms with E-state index >= 15 is 0 Å². The number of hydrogen-bond acceptors (Lipinski definition) is 5. The van der Waals surface area contributed by atoms with Crippen LogP contribution in [0.3, 0.4) is 0 Å². The predicted molar refractivity (Wildman–Crippen MR) is 98.9 cm³/mol. The molecule has 0 fully saturated rings. The summed E-state index contributed by atoms with van der Waals surface area (Å²) in [7, 11) is 0. The van der Waals surface area contributed by atoms with Crippen LogP contribution < -0.4 is 5.32 Å². The van der Waals surface area contributed by atoms with Crippen molar-refractivity contribution < 1.29 is 4.79 Å². The minimum absolute atomic E-state index is 0.0241. The van der Waals surface area contributed by atoms with Crippen molar-refractivity contribution in [1.29, 1.82) is 0 Å². The molecule has 0 radical (unpaired) electrons. The zero-order valence-electron chi connectivity index (χ0n) is 13.1. The van der Waals surface area contributed by atoms with Crippen molar-refractivity contribution in [3.63, 3.8) is 0 Å². The molecule has 1 amide bonds. The lowest BCUT2D eigenvalue weighted by atomic mass is 10.3. The molecule has 0 spiro atoms. The van der Waals surface area contributed by atoms with Gasteiger partial charge in [-0.05, 0) is 26.0 Å². The molecule has 0 atom stereocenters. The summed E-state index contributed by atoms with van der Waals surface area (Å²) in [5.41, 5.74) is 3.53. The van der Waals surface area contributed by atoms with E-state index in [4.69, 9.17) is 0 Å². The Morgan fingerprint density at radius 1 is 1.35 bits per heavy atom. The van der Waals surface area contributed by atoms with Crippen molar-refractivity contribution in [2.45, 2.75) is 13.8 Å². The van der Waals surface area contributed by atoms with E-state index in [0.29, 0.717) is 5.75 Å². The Morgan fingerprint density at radius 2 is 2.13 bits per heavy atom. The van der Waals surface area contributed by atoms with Crippen LogP contribution in [0.5, 0.6) is 0 Å². The van der Waals surface area contributed by atoms with Crippen LogP contribution in [-0.2, 0) is 4.79 Å². The normalized spacial score (nSPS) is 13.9. The molecule has 2 heterocycles. The Morgan fingerprint density at radius 3 is 2.83 bits per heavy atom. The number of aliphatic imine (C=N–C) groups is 1. The molecule has 23 heavy (non-hydrogen) atoms. The second-order valence-corrected chi connectivity index (χ2v) is 7.43. The summed E-state index contributed by atoms with van der Waals surface area (Å²) in [5, 5.41) is 7.52. The number of anilines is 1. The first-order chi connectivity index (χ1) is 11.1. The molecule has 0 unspecified atom stereocenters. The van der Waals surface area contributed by atoms with Crippen molar-refractivity contribution in [3.8, 4) is 5.69 Å². The number of nitrogens with zero attached hydrogens (tertiary/aromatic N) is 3. The van der Waals surface area contributed by atoms with Crippen molar-refractivity contribution in [3.05, 3.63) is 41.7 Å². The van der Waals surface area contributed by atoms with Crippen LogP contribution in [-0.4, -0.2) is 38.1 Å². The van der Waals surface area contributed by atoms with E-state index < -0.39 is 0 Å². The number of amides is 1. The maximum absolute atomic E-state index is 12.2. The van der Waals surface area contributed by atoms with E-state index in [-0.39, 0.29) is 5.91 Å². The lowest BCUT2D eigenvalue weighted by Gasteiger charge is -2.07. The zero-order valence-corrected chi connectivity index (χ0v) is 14.7. The van der Waals surface area contributed by atoms with Crippen LogP contribution in [0.15, 0.2) is 35.3 Å². The van der Waals surface area contributed by atoms with Crippen LogP contribution >= 0.6 is 23.5 Å². The molecule has 1 aromatic heterocycles. The van der Waals surface area contributed by atoms with Gasteiger partial charge in [0.25, 0.3) is 0 Å². The highest BCUT2D eigenvalue weighted by molar-refractivity contribution is 8.39. The number of carbonyl (C=O) groups is 1. The summed E-state index contributed by atoms with van der Waals surface area (Å²) in [6.07, 6.45) is 0. The first kappa shape index (κ1) is 16.1. The summed E-state index contributed by atoms with van der Waals surface area (Å²) in [6, 6.07) is 9.91. The number of para-hydroxylation sites is 1. The highest BCUT2D eigenvalue weighted by Gasteiger charge is 2.16. The molecular weight excluding hydrogens is 328 g/mol. The minimum Gasteiger partial charge on any atom is -0.322 e. The maximum atomic E-state index is 12.2. The average Bonchev–Trinajstić information content (AvgIpc) is 3.17. The monoisotopic (exact) mass is 346 g/mol. The maximum Gasteiger partial charge on any atom is 0.234 e. The summed E-state index contributed by atoms with van der Waals surface area (Å²) in [6.45, 7) is 4.73. The molecule has 0 saturated carbocycles. The molecule has 2 aromatic rings. The van der Waals surface area contributed by atoms with E-state index in [0.717, 1.165) is 39.4 Å². The molecule has 1 aliphatic heterocycles. The van der Waals surface area contributed by atoms with Gasteiger partial charge in [-0.3, -0.25) is 9.79 Å². The Kier molecular flexibility index (Phi) is 5.07. The zero-order chi connectivity index (χ0) is 16.2. The molecule has 0 aliphatic carbocycles. The third-order valence-corrected chi connectivity index (χ3v) is 5.69. The molecule has 120 valence electrons. The molecule has 1 aromatic carbocycles. The fourth-order valence-corrected chi connectivity index (χ4v) is 4.16. The number of nitrogens with one attached hydrogen (secondary N) is 1. The second-order valence-electron chi connectivity index (χ2n) is 5.13. The Labute approximate surface area is 143 Å². The summed E-state index contributed by atoms with van der Waals surface area (Å²) in [5.74, 6) is 1.37. The van der Waals surface area contributed by atoms with Crippen molar-refractivity contribution in [2.24, 2.45) is 4.99 Å². The molecule has 1 N–H and O–H groups in total. The largest absolute Gasteiger partial charge is 0.322 e. The minimum atomic E-state index is -0.0241. The van der Waals surface area contributed by atoms with Crippen LogP contribution in [0, 0.1) is 13.8 Å². The topological polar surface area (TPSA) is 59.3 Å². The van der Waals surface area contributed by atoms with E-state index in [2.05, 4.69) is 15.4 Å². The summed E-state index contributed by atoms with van der Waals surface area (Å²) < 4.78 is 2.86. The van der Waals surface area contributed by atoms with Gasteiger partial charge in [0.1, 0.15) is 4.38 Å². The van der Waals surface area contributed by atoms with Crippen LogP contribution in [0.25, 0.3) is 5.69 Å². The van der Waals surface area contributed by atoms with Gasteiger partial charge < -0.3 is 5.32 Å². The highest BCUT2D eigenvalue weighted by Crippen LogP contribution is 2.25. The SMILES string of the molecule is Cc1nn(-c2ccccc2)c(C)c1NC(=O)CSC1=NCCS1. The van der Waals surface area contributed by atoms with Gasteiger partial charge in [-0.25, -0.2) is 4.68 Å². The number of carbonyl (C=O) groups excluding carboxylic acids is 1. The number of thioether (sulfide) groups is 2. The smallest absolute Gasteiger partial charge is 0.234 e. The average molecular weight is 346 g/mol. The van der Waals surface area contributed by atoms with E-state index in [1.807, 2.05) is 48.9 Å². The lowest BCUT2D eigenvalue weighted by molar-refractivity contribution is -0.113. The molecule has 1 aliphatic rings. The van der Waals surface area contributed by atoms with Gasteiger partial charge >= 0.3 is 0 Å². The van der Waals surface area contributed by atoms with Gasteiger partial charge in [-0.1, -0.05) is 41.7 Å². The van der Waals surface area contributed by atoms with Gasteiger partial charge in [0, 0.05) is 5.75 Å². The van der Waals surface area contributed by atoms with Crippen molar-refractivity contribution in [1.82, 2.24) is 9.78 Å². The second kappa shape index (κ2) is 7.23. The quantitative estimate of drug-likeness (QED) is 0.923. The molecular formula is C16H18N4OS2. The fourth-order valence-electron chi connectivity index (χ4n) is 2.35. The number of aromatic nitrogens is 2. The number of aryl methyl sites for hydroxylation is 1. The predicted octanol–water partition coefficient (Wildman–Crippen LogP) is 3.26. The van der Waals surface area contributed by atoms with Crippen LogP contribution in [0.4, 0.5) is 5.69 Å². The number of benzene rings is 1. The van der Waals surface area contributed by atoms with Gasteiger partial charge in [0.2, 0.25) is 5.91 Å². The van der Waals surface area contributed by atoms with Crippen molar-refractivity contribution in [2.75, 3.05) is 23.4 Å². The molecule has 0 bridgehead atoms. The lowest BCUT2D eigenvalue weighted by Crippen LogP contribution is -2.16. The van der Waals surface area contributed by atoms with E-state index in [9.17, 15) is 4.79 Å². The van der Waals surface area contributed by atoms with E-state index in [1.165, 1.54) is 11.8 Å². The highest BCUT2D eigenvalue weighted by atomic mass is 32.2. The van der Waals surface area contributed by atoms with Gasteiger partial charge in [0.15, 0.2) is 0 Å². The number of hydrogen-bond donors (Lipinski definition) is 1. The summed E-state index contributed by atoms with van der Waals surface area (Å²) >= 11 is 3.21. The molecule has 3 rings (SSSR count). The van der Waals surface area contributed by atoms with Crippen molar-refractivity contribution >= 4 is 39.5 Å². The van der Waals surface area contributed by atoms with Gasteiger partial charge in [-0.2, -0.15) is 5.10 Å². The van der Waals surface area contributed by atoms with Gasteiger partial charge in [-0.15, -0.1) is 0 Å². The van der Waals surface area contributed by atoms with Crippen LogP contribution in [0.1, 0.15) is 11.4 Å². The molecule has 7 heteroatoms. The van der Waals surface area contributed by atoms with Crippen LogP contribution in [0.2, 0.25) is 0 Å². The van der Waals surface area contributed by atoms with E-state index in [1.54, 1.807) is 11.8 Å². The summed E-state index contributed by atoms with van der Waals surface area (Å²) in [4.78, 5) is 16.5. The Hall–Kier alpha value is -1.73. The van der Waals surface area contributed by atoms with Gasteiger partial charge in [0.05, 0.1) is 35.1 Å². The first-order valence-corrected chi connectivity index (χ1v) is 9.34. The third-order valence-electron chi connectivity index (χ3n) is 3.44. The Balaban J connectivity index is 1.70. The third kappa shape index (κ3) is 3.79. The molecule has 0 saturated heterocycles. The first-order valence-electron chi connectivity index (χ1n) is 7.36. The Bertz CT molecular complexity index is 740.